The highest BCUT2D eigenvalue weighted by Crippen LogP contribution is 2.75. The Kier molecular flexibility index (Phi) is 4.72. The first-order valence-electron chi connectivity index (χ1n) is 9.21. The van der Waals surface area contributed by atoms with Gasteiger partial charge in [0.1, 0.15) is 21.4 Å². The van der Waals surface area contributed by atoms with Gasteiger partial charge < -0.3 is 9.47 Å². The molecule has 0 amide bonds. The van der Waals surface area contributed by atoms with E-state index < -0.39 is 10.3 Å². The molecule has 2 aliphatic rings. The van der Waals surface area contributed by atoms with Crippen LogP contribution in [0.25, 0.3) is 0 Å². The number of carbonyl (C=O) groups is 1. The Morgan fingerprint density at radius 2 is 1.36 bits per heavy atom. The fourth-order valence-electron chi connectivity index (χ4n) is 4.11. The lowest BCUT2D eigenvalue weighted by atomic mass is 9.62. The van der Waals surface area contributed by atoms with E-state index in [1.54, 1.807) is 26.0 Å². The zero-order chi connectivity index (χ0) is 20.2. The summed E-state index contributed by atoms with van der Waals surface area (Å²) in [6.45, 7) is 6.06. The smallest absolute Gasteiger partial charge is 0.180 e. The number of Topliss-reactive ketones (excluding diaryl/α,β-unsaturated/α-hetero) is 1. The molecule has 148 valence electrons. The van der Waals surface area contributed by atoms with Crippen molar-refractivity contribution in [1.82, 2.24) is 0 Å². The maximum absolute atomic E-state index is 12.6. The molecule has 1 heterocycles. The molecule has 28 heavy (non-hydrogen) atoms. The van der Waals surface area contributed by atoms with Crippen LogP contribution < -0.4 is 9.47 Å². The van der Waals surface area contributed by atoms with Gasteiger partial charge in [0.25, 0.3) is 0 Å². The molecule has 1 spiro atoms. The SMILES string of the molecule is COc1ccc(C2(c3ccc(OC)cc3)OSC3(S2)C(C)C(=O)C3(C)C)cc1. The van der Waals surface area contributed by atoms with Crippen LogP contribution in [-0.4, -0.2) is 24.1 Å². The van der Waals surface area contributed by atoms with Crippen LogP contribution in [0.4, 0.5) is 0 Å². The number of benzene rings is 2. The van der Waals surface area contributed by atoms with Crippen LogP contribution in [-0.2, 0) is 13.9 Å². The van der Waals surface area contributed by atoms with Crippen molar-refractivity contribution in [3.63, 3.8) is 0 Å². The van der Waals surface area contributed by atoms with Crippen molar-refractivity contribution in [2.75, 3.05) is 14.2 Å². The van der Waals surface area contributed by atoms with Gasteiger partial charge in [0, 0.05) is 29.1 Å². The molecule has 1 saturated carbocycles. The predicted octanol–water partition coefficient (Wildman–Crippen LogP) is 5.26. The Balaban J connectivity index is 1.82. The molecule has 1 aliphatic carbocycles. The highest BCUT2D eigenvalue weighted by molar-refractivity contribution is 8.19. The van der Waals surface area contributed by atoms with Crippen molar-refractivity contribution < 1.29 is 18.5 Å². The molecule has 2 aromatic carbocycles. The van der Waals surface area contributed by atoms with Crippen molar-refractivity contribution in [1.29, 1.82) is 0 Å². The number of thioether (sulfide) groups is 1. The molecule has 0 N–H and O–H groups in total. The summed E-state index contributed by atoms with van der Waals surface area (Å²) in [7, 11) is 3.31. The largest absolute Gasteiger partial charge is 0.497 e. The second kappa shape index (κ2) is 6.71. The van der Waals surface area contributed by atoms with Crippen LogP contribution in [0, 0.1) is 11.3 Å². The lowest BCUT2D eigenvalue weighted by Crippen LogP contribution is -2.63. The van der Waals surface area contributed by atoms with Gasteiger partial charge in [-0.2, -0.15) is 0 Å². The lowest BCUT2D eigenvalue weighted by molar-refractivity contribution is -0.142. The first kappa shape index (κ1) is 19.7. The van der Waals surface area contributed by atoms with Gasteiger partial charge in [-0.1, -0.05) is 56.8 Å². The van der Waals surface area contributed by atoms with Crippen molar-refractivity contribution in [2.24, 2.45) is 11.3 Å². The van der Waals surface area contributed by atoms with Crippen molar-refractivity contribution >= 4 is 29.6 Å². The molecule has 0 radical (unpaired) electrons. The third-order valence-corrected chi connectivity index (χ3v) is 9.98. The van der Waals surface area contributed by atoms with Crippen LogP contribution in [0.1, 0.15) is 31.9 Å². The summed E-state index contributed by atoms with van der Waals surface area (Å²) < 4.78 is 16.8. The Morgan fingerprint density at radius 1 is 0.893 bits per heavy atom. The summed E-state index contributed by atoms with van der Waals surface area (Å²) in [5, 5.41) is 0. The quantitative estimate of drug-likeness (QED) is 0.634. The van der Waals surface area contributed by atoms with Gasteiger partial charge in [0.05, 0.1) is 19.6 Å². The van der Waals surface area contributed by atoms with Crippen LogP contribution in [0.15, 0.2) is 48.5 Å². The molecule has 2 unspecified atom stereocenters. The maximum Gasteiger partial charge on any atom is 0.180 e. The third kappa shape index (κ3) is 2.54. The van der Waals surface area contributed by atoms with E-state index in [1.165, 1.54) is 12.0 Å². The zero-order valence-electron chi connectivity index (χ0n) is 16.6. The van der Waals surface area contributed by atoms with E-state index in [9.17, 15) is 4.79 Å². The molecule has 4 nitrogen and oxygen atoms in total. The standard InChI is InChI=1S/C22H24O4S2/c1-14-19(23)20(2,3)22(14)27-21(26-28-22,15-6-10-17(24-4)11-7-15)16-8-12-18(25-5)13-9-16/h6-14H,1-5H3. The van der Waals surface area contributed by atoms with Crippen LogP contribution in [0.3, 0.4) is 0 Å². The highest BCUT2D eigenvalue weighted by atomic mass is 32.2. The summed E-state index contributed by atoms with van der Waals surface area (Å²) in [4.78, 5) is 11.9. The molecule has 6 heteroatoms. The monoisotopic (exact) mass is 416 g/mol. The number of methoxy groups -OCH3 is 2. The molecule has 2 fully saturated rings. The van der Waals surface area contributed by atoms with Crippen LogP contribution in [0.5, 0.6) is 11.5 Å². The fourth-order valence-corrected chi connectivity index (χ4v) is 7.51. The molecule has 2 aromatic rings. The number of ether oxygens (including phenoxy) is 2. The average Bonchev–Trinajstić information content (AvgIpc) is 3.17. The summed E-state index contributed by atoms with van der Waals surface area (Å²) >= 11 is 3.18. The first-order chi connectivity index (χ1) is 13.3. The highest BCUT2D eigenvalue weighted by Gasteiger charge is 2.73. The molecule has 1 saturated heterocycles. The van der Waals surface area contributed by atoms with E-state index in [0.717, 1.165) is 22.6 Å². The second-order valence-electron chi connectivity index (χ2n) is 7.72. The molecule has 1 aliphatic heterocycles. The number of rotatable bonds is 4. The van der Waals surface area contributed by atoms with E-state index in [-0.39, 0.29) is 15.8 Å². The molecule has 0 bridgehead atoms. The van der Waals surface area contributed by atoms with Crippen molar-refractivity contribution in [3.8, 4) is 11.5 Å². The minimum atomic E-state index is -0.713. The van der Waals surface area contributed by atoms with Gasteiger partial charge in [0.2, 0.25) is 0 Å². The first-order valence-corrected chi connectivity index (χ1v) is 10.8. The lowest BCUT2D eigenvalue weighted by Gasteiger charge is -2.54. The minimum absolute atomic E-state index is 0.0733. The van der Waals surface area contributed by atoms with Crippen molar-refractivity contribution in [2.45, 2.75) is 29.8 Å². The van der Waals surface area contributed by atoms with Gasteiger partial charge >= 0.3 is 0 Å². The number of hydrogen-bond acceptors (Lipinski definition) is 6. The van der Waals surface area contributed by atoms with Gasteiger partial charge in [-0.15, -0.1) is 0 Å². The Hall–Kier alpha value is -1.63. The molecule has 0 aromatic heterocycles. The Morgan fingerprint density at radius 3 is 1.75 bits per heavy atom. The van der Waals surface area contributed by atoms with E-state index in [2.05, 4.69) is 0 Å². The summed E-state index contributed by atoms with van der Waals surface area (Å²) in [5.74, 6) is 1.81. The van der Waals surface area contributed by atoms with Gasteiger partial charge in [-0.25, -0.2) is 0 Å². The van der Waals surface area contributed by atoms with E-state index in [4.69, 9.17) is 13.7 Å². The summed E-state index contributed by atoms with van der Waals surface area (Å²) in [6, 6.07) is 15.9. The van der Waals surface area contributed by atoms with E-state index >= 15 is 0 Å². The molecule has 2 atom stereocenters. The van der Waals surface area contributed by atoms with E-state index in [0.29, 0.717) is 0 Å². The average molecular weight is 417 g/mol. The number of ketones is 1. The van der Waals surface area contributed by atoms with Gasteiger partial charge in [0.15, 0.2) is 4.93 Å². The summed E-state index contributed by atoms with van der Waals surface area (Å²) in [5.41, 5.74) is 1.59. The van der Waals surface area contributed by atoms with E-state index in [1.807, 2.05) is 69.3 Å². The zero-order valence-corrected chi connectivity index (χ0v) is 18.3. The second-order valence-corrected chi connectivity index (χ2v) is 10.4. The molecular weight excluding hydrogens is 392 g/mol. The van der Waals surface area contributed by atoms with Gasteiger partial charge in [-0.05, 0) is 24.3 Å². The summed E-state index contributed by atoms with van der Waals surface area (Å²) in [6.07, 6.45) is 0. The Labute approximate surface area is 174 Å². The minimum Gasteiger partial charge on any atom is -0.497 e. The normalized spacial score (nSPS) is 27.5. The van der Waals surface area contributed by atoms with Crippen LogP contribution >= 0.6 is 23.8 Å². The van der Waals surface area contributed by atoms with Gasteiger partial charge in [-0.3, -0.25) is 8.98 Å². The topological polar surface area (TPSA) is 44.8 Å². The Bertz CT molecular complexity index is 844. The fraction of sp³-hybridized carbons (Fsp3) is 0.409. The number of hydrogen-bond donors (Lipinski definition) is 0. The maximum atomic E-state index is 12.6. The van der Waals surface area contributed by atoms with Crippen molar-refractivity contribution in [3.05, 3.63) is 59.7 Å². The molecular formula is C22H24O4S2. The molecule has 4 rings (SSSR count). The predicted molar refractivity (Wildman–Crippen MR) is 114 cm³/mol. The number of carbonyl (C=O) groups excluding carboxylic acids is 1. The van der Waals surface area contributed by atoms with Crippen LogP contribution in [0.2, 0.25) is 0 Å². The third-order valence-electron chi connectivity index (χ3n) is 5.97.